The summed E-state index contributed by atoms with van der Waals surface area (Å²) in [7, 11) is 1.64. The van der Waals surface area contributed by atoms with Crippen LogP contribution < -0.4 is 4.74 Å². The second-order valence-corrected chi connectivity index (χ2v) is 7.33. The highest BCUT2D eigenvalue weighted by molar-refractivity contribution is 5.91. The van der Waals surface area contributed by atoms with Gasteiger partial charge in [-0.2, -0.15) is 5.10 Å². The zero-order valence-corrected chi connectivity index (χ0v) is 16.8. The van der Waals surface area contributed by atoms with Crippen LogP contribution in [0.15, 0.2) is 60.7 Å². The molecule has 1 aliphatic rings. The Balaban J connectivity index is 1.48. The van der Waals surface area contributed by atoms with E-state index >= 15 is 0 Å². The average molecular weight is 387 g/mol. The van der Waals surface area contributed by atoms with Gasteiger partial charge in [0.15, 0.2) is 0 Å². The number of rotatable bonds is 4. The van der Waals surface area contributed by atoms with Gasteiger partial charge in [0.25, 0.3) is 0 Å². The molecule has 0 spiro atoms. The van der Waals surface area contributed by atoms with Crippen molar-refractivity contribution in [2.24, 2.45) is 0 Å². The highest BCUT2D eigenvalue weighted by atomic mass is 16.5. The molecule has 0 fully saturated rings. The molecule has 0 N–H and O–H groups in total. The molecule has 3 aromatic rings. The number of aromatic nitrogens is 2. The van der Waals surface area contributed by atoms with E-state index in [1.807, 2.05) is 39.9 Å². The first-order chi connectivity index (χ1) is 14.1. The lowest BCUT2D eigenvalue weighted by atomic mass is 10.1. The summed E-state index contributed by atoms with van der Waals surface area (Å²) in [5.41, 5.74) is 5.34. The highest BCUT2D eigenvalue weighted by Gasteiger charge is 2.19. The van der Waals surface area contributed by atoms with Gasteiger partial charge in [0.05, 0.1) is 25.0 Å². The maximum atomic E-state index is 12.8. The molecule has 5 nitrogen and oxygen atoms in total. The molecule has 1 aromatic heterocycles. The van der Waals surface area contributed by atoms with Crippen molar-refractivity contribution >= 4 is 12.0 Å². The van der Waals surface area contributed by atoms with Crippen molar-refractivity contribution in [2.45, 2.75) is 26.4 Å². The predicted octanol–water partition coefficient (Wildman–Crippen LogP) is 4.31. The predicted molar refractivity (Wildman–Crippen MR) is 114 cm³/mol. The fourth-order valence-corrected chi connectivity index (χ4v) is 3.50. The molecule has 0 radical (unpaired) electrons. The van der Waals surface area contributed by atoms with Crippen LogP contribution in [0.25, 0.3) is 17.3 Å². The minimum Gasteiger partial charge on any atom is -0.497 e. The van der Waals surface area contributed by atoms with Gasteiger partial charge in [0.1, 0.15) is 5.75 Å². The normalized spacial score (nSPS) is 13.9. The number of carbonyl (C=O) groups is 1. The number of hydrogen-bond acceptors (Lipinski definition) is 3. The van der Waals surface area contributed by atoms with Gasteiger partial charge < -0.3 is 9.64 Å². The topological polar surface area (TPSA) is 47.4 Å². The molecule has 0 atom stereocenters. The summed E-state index contributed by atoms with van der Waals surface area (Å²) >= 11 is 0. The van der Waals surface area contributed by atoms with Crippen molar-refractivity contribution in [3.63, 3.8) is 0 Å². The van der Waals surface area contributed by atoms with Crippen molar-refractivity contribution in [1.29, 1.82) is 0 Å². The molecule has 0 saturated heterocycles. The van der Waals surface area contributed by atoms with Crippen molar-refractivity contribution in [1.82, 2.24) is 14.7 Å². The zero-order valence-electron chi connectivity index (χ0n) is 16.8. The summed E-state index contributed by atoms with van der Waals surface area (Å²) in [5.74, 6) is 0.825. The smallest absolute Gasteiger partial charge is 0.246 e. The largest absolute Gasteiger partial charge is 0.497 e. The van der Waals surface area contributed by atoms with E-state index in [2.05, 4.69) is 37.3 Å². The van der Waals surface area contributed by atoms with Crippen LogP contribution >= 0.6 is 0 Å². The van der Waals surface area contributed by atoms with Gasteiger partial charge in [-0.1, -0.05) is 42.0 Å². The van der Waals surface area contributed by atoms with E-state index in [4.69, 9.17) is 9.84 Å². The van der Waals surface area contributed by atoms with Crippen LogP contribution in [0.1, 0.15) is 23.2 Å². The maximum absolute atomic E-state index is 12.8. The Hall–Kier alpha value is -3.34. The van der Waals surface area contributed by atoms with Gasteiger partial charge in [0, 0.05) is 24.7 Å². The molecule has 2 aromatic carbocycles. The van der Waals surface area contributed by atoms with E-state index in [0.717, 1.165) is 47.8 Å². The number of methoxy groups -OCH3 is 1. The summed E-state index contributed by atoms with van der Waals surface area (Å²) in [5, 5.41) is 4.76. The third kappa shape index (κ3) is 4.40. The van der Waals surface area contributed by atoms with Crippen molar-refractivity contribution in [2.75, 3.05) is 13.7 Å². The molecule has 1 amide bonds. The monoisotopic (exact) mass is 387 g/mol. The summed E-state index contributed by atoms with van der Waals surface area (Å²) in [6, 6.07) is 18.1. The fraction of sp³-hybridized carbons (Fsp3) is 0.250. The number of ether oxygens (including phenoxy) is 1. The molecule has 4 rings (SSSR count). The lowest BCUT2D eigenvalue weighted by Crippen LogP contribution is -2.29. The average Bonchev–Trinajstić information content (AvgIpc) is 3.04. The number of carbonyl (C=O) groups excluding carboxylic acids is 1. The molecular formula is C24H25N3O2. The Morgan fingerprint density at radius 2 is 1.83 bits per heavy atom. The summed E-state index contributed by atoms with van der Waals surface area (Å²) in [6.07, 6.45) is 4.39. The van der Waals surface area contributed by atoms with Crippen LogP contribution in [0, 0.1) is 6.92 Å². The van der Waals surface area contributed by atoms with E-state index in [0.29, 0.717) is 6.54 Å². The lowest BCUT2D eigenvalue weighted by Gasteiger charge is -2.17. The maximum Gasteiger partial charge on any atom is 0.246 e. The molecular weight excluding hydrogens is 362 g/mol. The van der Waals surface area contributed by atoms with Gasteiger partial charge in [0.2, 0.25) is 5.91 Å². The second kappa shape index (κ2) is 8.35. The van der Waals surface area contributed by atoms with E-state index in [9.17, 15) is 4.79 Å². The third-order valence-electron chi connectivity index (χ3n) is 5.21. The van der Waals surface area contributed by atoms with Crippen LogP contribution in [-0.4, -0.2) is 34.2 Å². The van der Waals surface area contributed by atoms with Gasteiger partial charge in [-0.25, -0.2) is 0 Å². The number of benzene rings is 2. The number of fused-ring (bicyclic) bond motifs is 1. The number of aryl methyl sites for hydroxylation is 2. The summed E-state index contributed by atoms with van der Waals surface area (Å²) in [6.45, 7) is 4.21. The molecule has 0 unspecified atom stereocenters. The Kier molecular flexibility index (Phi) is 5.47. The molecule has 29 heavy (non-hydrogen) atoms. The van der Waals surface area contributed by atoms with Crippen molar-refractivity contribution in [3.05, 3.63) is 77.5 Å². The van der Waals surface area contributed by atoms with E-state index in [-0.39, 0.29) is 5.91 Å². The van der Waals surface area contributed by atoms with Gasteiger partial charge in [-0.3, -0.25) is 9.48 Å². The van der Waals surface area contributed by atoms with Gasteiger partial charge in [-0.15, -0.1) is 0 Å². The molecule has 0 bridgehead atoms. The Morgan fingerprint density at radius 1 is 1.07 bits per heavy atom. The Bertz CT molecular complexity index is 1020. The van der Waals surface area contributed by atoms with E-state index < -0.39 is 0 Å². The minimum atomic E-state index is 0.0207. The Morgan fingerprint density at radius 3 is 2.55 bits per heavy atom. The number of nitrogens with zero attached hydrogens (tertiary/aromatic N) is 3. The van der Waals surface area contributed by atoms with Crippen molar-refractivity contribution in [3.8, 4) is 17.0 Å². The number of hydrogen-bond donors (Lipinski definition) is 0. The SMILES string of the molecule is COc1ccc(/C=C/C(=O)N2CCCn3nc(-c4ccc(C)cc4)cc3C2)cc1. The molecule has 2 heterocycles. The quantitative estimate of drug-likeness (QED) is 0.627. The van der Waals surface area contributed by atoms with Crippen LogP contribution in [0.5, 0.6) is 5.75 Å². The zero-order chi connectivity index (χ0) is 20.2. The first-order valence-corrected chi connectivity index (χ1v) is 9.87. The molecule has 5 heteroatoms. The van der Waals surface area contributed by atoms with Crippen LogP contribution in [0.2, 0.25) is 0 Å². The summed E-state index contributed by atoms with van der Waals surface area (Å²) in [4.78, 5) is 14.6. The third-order valence-corrected chi connectivity index (χ3v) is 5.21. The van der Waals surface area contributed by atoms with Crippen LogP contribution in [0.4, 0.5) is 0 Å². The van der Waals surface area contributed by atoms with Crippen LogP contribution in [0.3, 0.4) is 0 Å². The Labute approximate surface area is 171 Å². The fourth-order valence-electron chi connectivity index (χ4n) is 3.50. The van der Waals surface area contributed by atoms with E-state index in [1.54, 1.807) is 13.2 Å². The number of amides is 1. The molecule has 1 aliphatic heterocycles. The minimum absolute atomic E-state index is 0.0207. The second-order valence-electron chi connectivity index (χ2n) is 7.33. The first kappa shape index (κ1) is 19.0. The van der Waals surface area contributed by atoms with Crippen LogP contribution in [-0.2, 0) is 17.9 Å². The molecule has 0 saturated carbocycles. The van der Waals surface area contributed by atoms with Gasteiger partial charge in [-0.05, 0) is 43.2 Å². The highest BCUT2D eigenvalue weighted by Crippen LogP contribution is 2.23. The standard InChI is InChI=1S/C24H25N3O2/c1-18-4-9-20(10-5-18)23-16-21-17-26(14-3-15-27(21)25-23)24(28)13-8-19-6-11-22(29-2)12-7-19/h4-13,16H,3,14-15,17H2,1-2H3/b13-8+. The summed E-state index contributed by atoms with van der Waals surface area (Å²) < 4.78 is 7.21. The van der Waals surface area contributed by atoms with E-state index in [1.165, 1.54) is 5.56 Å². The molecule has 0 aliphatic carbocycles. The van der Waals surface area contributed by atoms with Crippen molar-refractivity contribution < 1.29 is 9.53 Å². The van der Waals surface area contributed by atoms with Gasteiger partial charge >= 0.3 is 0 Å². The lowest BCUT2D eigenvalue weighted by molar-refractivity contribution is -0.126. The first-order valence-electron chi connectivity index (χ1n) is 9.87. The molecule has 148 valence electrons.